The number of pyridine rings is 3. The van der Waals surface area contributed by atoms with Crippen molar-refractivity contribution < 1.29 is 9.84 Å². The molecule has 0 radical (unpaired) electrons. The molecule has 1 aromatic carbocycles. The molecule has 1 atom stereocenters. The van der Waals surface area contributed by atoms with Crippen molar-refractivity contribution in [1.29, 1.82) is 0 Å². The van der Waals surface area contributed by atoms with E-state index in [4.69, 9.17) is 4.74 Å². The first-order valence-corrected chi connectivity index (χ1v) is 14.8. The van der Waals surface area contributed by atoms with Crippen LogP contribution in [0.5, 0.6) is 0 Å². The average molecular weight is 591 g/mol. The number of anilines is 3. The molecule has 6 heterocycles. The highest BCUT2D eigenvalue weighted by Crippen LogP contribution is 2.34. The zero-order valence-corrected chi connectivity index (χ0v) is 24.7. The van der Waals surface area contributed by atoms with Gasteiger partial charge in [-0.1, -0.05) is 24.3 Å². The van der Waals surface area contributed by atoms with Gasteiger partial charge < -0.3 is 24.6 Å². The number of nitrogens with one attached hydrogen (secondary N) is 1. The van der Waals surface area contributed by atoms with Crippen molar-refractivity contribution in [1.82, 2.24) is 29.6 Å². The van der Waals surface area contributed by atoms with Crippen molar-refractivity contribution in [3.63, 3.8) is 0 Å². The Balaban J connectivity index is 1.16. The van der Waals surface area contributed by atoms with E-state index in [0.717, 1.165) is 60.4 Å². The van der Waals surface area contributed by atoms with Crippen molar-refractivity contribution in [2.45, 2.75) is 25.6 Å². The molecule has 7 rings (SSSR count). The largest absolute Gasteiger partial charge is 0.392 e. The number of aromatic nitrogens is 5. The lowest BCUT2D eigenvalue weighted by molar-refractivity contribution is -0.0691. The summed E-state index contributed by atoms with van der Waals surface area (Å²) in [4.78, 5) is 27.3. The SMILES string of the molecule is CC1CN(C2COC2)CCN1c1ccc(Nc2cc(-c3ccnc(-c4nncc5ccccc45)c3CO)cn(C)c2=O)nc1. The third-order valence-corrected chi connectivity index (χ3v) is 8.64. The number of hydrogen-bond acceptors (Lipinski definition) is 10. The van der Waals surface area contributed by atoms with Crippen LogP contribution >= 0.6 is 0 Å². The van der Waals surface area contributed by atoms with Crippen molar-refractivity contribution in [2.75, 3.05) is 43.1 Å². The van der Waals surface area contributed by atoms with E-state index < -0.39 is 0 Å². The summed E-state index contributed by atoms with van der Waals surface area (Å²) in [5, 5.41) is 24.1. The van der Waals surface area contributed by atoms with Crippen LogP contribution in [0.15, 0.2) is 78.1 Å². The van der Waals surface area contributed by atoms with Crippen LogP contribution in [-0.2, 0) is 18.4 Å². The van der Waals surface area contributed by atoms with Gasteiger partial charge in [-0.2, -0.15) is 5.10 Å². The average Bonchev–Trinajstić information content (AvgIpc) is 3.02. The van der Waals surface area contributed by atoms with Gasteiger partial charge in [0.05, 0.1) is 49.6 Å². The predicted molar refractivity (Wildman–Crippen MR) is 170 cm³/mol. The van der Waals surface area contributed by atoms with Crippen LogP contribution in [0.2, 0.25) is 0 Å². The second-order valence-corrected chi connectivity index (χ2v) is 11.4. The highest BCUT2D eigenvalue weighted by molar-refractivity contribution is 5.94. The predicted octanol–water partition coefficient (Wildman–Crippen LogP) is 3.60. The van der Waals surface area contributed by atoms with Gasteiger partial charge in [-0.15, -0.1) is 5.10 Å². The van der Waals surface area contributed by atoms with Gasteiger partial charge in [0.2, 0.25) is 0 Å². The first-order chi connectivity index (χ1) is 21.5. The molecule has 2 fully saturated rings. The maximum absolute atomic E-state index is 13.2. The van der Waals surface area contributed by atoms with Gasteiger partial charge >= 0.3 is 0 Å². The molecule has 0 aliphatic carbocycles. The molecule has 2 aliphatic heterocycles. The number of aryl methyl sites for hydroxylation is 1. The van der Waals surface area contributed by atoms with Crippen LogP contribution in [0.4, 0.5) is 17.2 Å². The second-order valence-electron chi connectivity index (χ2n) is 11.4. The van der Waals surface area contributed by atoms with Crippen LogP contribution in [0.3, 0.4) is 0 Å². The number of ether oxygens (including phenoxy) is 1. The first kappa shape index (κ1) is 28.1. The molecular formula is C33H34N8O3. The lowest BCUT2D eigenvalue weighted by Gasteiger charge is -2.46. The summed E-state index contributed by atoms with van der Waals surface area (Å²) < 4.78 is 6.91. The Bertz CT molecular complexity index is 1870. The third kappa shape index (κ3) is 5.19. The summed E-state index contributed by atoms with van der Waals surface area (Å²) in [7, 11) is 1.71. The highest BCUT2D eigenvalue weighted by Gasteiger charge is 2.32. The van der Waals surface area contributed by atoms with Gasteiger partial charge in [-0.3, -0.25) is 14.7 Å². The Kier molecular flexibility index (Phi) is 7.51. The molecule has 2 saturated heterocycles. The summed E-state index contributed by atoms with van der Waals surface area (Å²) >= 11 is 0. The normalized spacial score (nSPS) is 17.5. The van der Waals surface area contributed by atoms with E-state index in [0.29, 0.717) is 40.5 Å². The van der Waals surface area contributed by atoms with Gasteiger partial charge in [-0.25, -0.2) is 4.98 Å². The molecule has 0 spiro atoms. The van der Waals surface area contributed by atoms with E-state index in [1.165, 1.54) is 4.57 Å². The maximum atomic E-state index is 13.2. The molecule has 11 nitrogen and oxygen atoms in total. The topological polar surface area (TPSA) is 122 Å². The summed E-state index contributed by atoms with van der Waals surface area (Å²) in [6.07, 6.45) is 7.01. The zero-order valence-electron chi connectivity index (χ0n) is 24.7. The molecule has 5 aromatic rings. The summed E-state index contributed by atoms with van der Waals surface area (Å²) in [5.41, 5.74) is 4.48. The van der Waals surface area contributed by atoms with Crippen LogP contribution in [0, 0.1) is 0 Å². The molecule has 0 saturated carbocycles. The fourth-order valence-corrected chi connectivity index (χ4v) is 6.18. The Hall–Kier alpha value is -4.71. The minimum absolute atomic E-state index is 0.191. The molecule has 0 amide bonds. The molecule has 1 unspecified atom stereocenters. The number of aliphatic hydroxyl groups excluding tert-OH is 1. The van der Waals surface area contributed by atoms with E-state index in [1.54, 1.807) is 31.7 Å². The number of fused-ring (bicyclic) bond motifs is 1. The van der Waals surface area contributed by atoms with Crippen LogP contribution < -0.4 is 15.8 Å². The van der Waals surface area contributed by atoms with E-state index in [1.807, 2.05) is 48.7 Å². The zero-order chi connectivity index (χ0) is 30.2. The summed E-state index contributed by atoms with van der Waals surface area (Å²) in [5.74, 6) is 0.574. The molecular weight excluding hydrogens is 556 g/mol. The fraction of sp³-hybridized carbons (Fsp3) is 0.303. The number of aliphatic hydroxyl groups is 1. The quantitative estimate of drug-likeness (QED) is 0.291. The summed E-state index contributed by atoms with van der Waals surface area (Å²) in [6.45, 7) is 6.57. The third-order valence-electron chi connectivity index (χ3n) is 8.64. The van der Waals surface area contributed by atoms with Gasteiger partial charge in [0.25, 0.3) is 5.56 Å². The van der Waals surface area contributed by atoms with Gasteiger partial charge in [-0.05, 0) is 36.8 Å². The van der Waals surface area contributed by atoms with Crippen molar-refractivity contribution in [2.24, 2.45) is 7.05 Å². The van der Waals surface area contributed by atoms with Crippen molar-refractivity contribution in [3.8, 4) is 22.5 Å². The second kappa shape index (κ2) is 11.8. The molecule has 224 valence electrons. The number of nitrogens with zero attached hydrogens (tertiary/aromatic N) is 7. The van der Waals surface area contributed by atoms with Crippen molar-refractivity contribution in [3.05, 3.63) is 89.2 Å². The lowest BCUT2D eigenvalue weighted by atomic mass is 9.97. The molecule has 0 bridgehead atoms. The standard InChI is InChI=1S/C33H34N8O3/c1-21-16-40(25-19-44-20-25)11-12-41(21)24-7-8-30(35-15-24)37-29-13-23(17-39(2)33(29)43)26-9-10-34-31(28(26)18-42)32-27-6-4-3-5-22(27)14-36-38-32/h3-10,13-15,17,21,25,42H,11-12,16,18-20H2,1-2H3,(H,35,37). The van der Waals surface area contributed by atoms with E-state index in [-0.39, 0.29) is 12.2 Å². The van der Waals surface area contributed by atoms with Crippen LogP contribution in [0.25, 0.3) is 33.3 Å². The van der Waals surface area contributed by atoms with E-state index in [9.17, 15) is 9.90 Å². The Morgan fingerprint density at radius 2 is 1.91 bits per heavy atom. The molecule has 2 N–H and O–H groups in total. The Morgan fingerprint density at radius 1 is 1.05 bits per heavy atom. The van der Waals surface area contributed by atoms with Gasteiger partial charge in [0.15, 0.2) is 0 Å². The smallest absolute Gasteiger partial charge is 0.274 e. The Morgan fingerprint density at radius 3 is 2.66 bits per heavy atom. The minimum atomic E-state index is -0.265. The number of piperazine rings is 1. The molecule has 11 heteroatoms. The lowest BCUT2D eigenvalue weighted by Crippen LogP contribution is -2.59. The number of rotatable bonds is 7. The van der Waals surface area contributed by atoms with Crippen molar-refractivity contribution >= 4 is 28.0 Å². The summed E-state index contributed by atoms with van der Waals surface area (Å²) in [6, 6.07) is 16.3. The molecule has 2 aliphatic rings. The number of hydrogen-bond donors (Lipinski definition) is 2. The van der Waals surface area contributed by atoms with Crippen LogP contribution in [0.1, 0.15) is 12.5 Å². The monoisotopic (exact) mass is 590 g/mol. The highest BCUT2D eigenvalue weighted by atomic mass is 16.5. The Labute approximate surface area is 254 Å². The van der Waals surface area contributed by atoms with Crippen LogP contribution in [-0.4, -0.2) is 79.7 Å². The minimum Gasteiger partial charge on any atom is -0.392 e. The molecule has 4 aromatic heterocycles. The molecule has 44 heavy (non-hydrogen) atoms. The number of benzene rings is 1. The van der Waals surface area contributed by atoms with E-state index >= 15 is 0 Å². The van der Waals surface area contributed by atoms with Gasteiger partial charge in [0.1, 0.15) is 17.2 Å². The fourth-order valence-electron chi connectivity index (χ4n) is 6.18. The first-order valence-electron chi connectivity index (χ1n) is 14.8. The maximum Gasteiger partial charge on any atom is 0.274 e. The van der Waals surface area contributed by atoms with E-state index in [2.05, 4.69) is 42.2 Å². The van der Waals surface area contributed by atoms with Gasteiger partial charge in [0, 0.05) is 67.0 Å².